The van der Waals surface area contributed by atoms with E-state index in [1.807, 2.05) is 0 Å². The first-order valence-electron chi connectivity index (χ1n) is 7.95. The summed E-state index contributed by atoms with van der Waals surface area (Å²) in [5.74, 6) is 1.74. The Bertz CT molecular complexity index is 274. The lowest BCUT2D eigenvalue weighted by Crippen LogP contribution is -2.41. The van der Waals surface area contributed by atoms with E-state index in [0.717, 1.165) is 25.2 Å². The number of carbonyl (C=O) groups excluding carboxylic acids is 1. The fraction of sp³-hybridized carbons (Fsp3) is 0.938. The first kappa shape index (κ1) is 14.0. The summed E-state index contributed by atoms with van der Waals surface area (Å²) in [4.78, 5) is 14.7. The van der Waals surface area contributed by atoms with Crippen molar-refractivity contribution in [3.05, 3.63) is 0 Å². The van der Waals surface area contributed by atoms with Crippen molar-refractivity contribution in [1.29, 1.82) is 0 Å². The highest BCUT2D eigenvalue weighted by molar-refractivity contribution is 5.82. The highest BCUT2D eigenvalue weighted by Crippen LogP contribution is 2.32. The Morgan fingerprint density at radius 3 is 2.78 bits per heavy atom. The summed E-state index contributed by atoms with van der Waals surface area (Å²) < 4.78 is 0. The smallest absolute Gasteiger partial charge is 0.137 e. The average molecular weight is 251 g/mol. The summed E-state index contributed by atoms with van der Waals surface area (Å²) in [6, 6.07) is 0.588. The molecule has 1 saturated heterocycles. The largest absolute Gasteiger partial charge is 0.300 e. The van der Waals surface area contributed by atoms with Gasteiger partial charge in [-0.3, -0.25) is 9.69 Å². The number of hydrogen-bond acceptors (Lipinski definition) is 2. The summed E-state index contributed by atoms with van der Waals surface area (Å²) in [7, 11) is 0. The summed E-state index contributed by atoms with van der Waals surface area (Å²) >= 11 is 0. The van der Waals surface area contributed by atoms with Crippen LogP contribution in [0.4, 0.5) is 0 Å². The second-order valence-corrected chi connectivity index (χ2v) is 6.60. The molecule has 2 heteroatoms. The van der Waals surface area contributed by atoms with Crippen LogP contribution in [-0.4, -0.2) is 29.8 Å². The van der Waals surface area contributed by atoms with E-state index in [-0.39, 0.29) is 0 Å². The van der Waals surface area contributed by atoms with Gasteiger partial charge < -0.3 is 0 Å². The molecule has 18 heavy (non-hydrogen) atoms. The molecule has 1 aliphatic heterocycles. The molecule has 104 valence electrons. The third-order valence-corrected chi connectivity index (χ3v) is 4.71. The Kier molecular flexibility index (Phi) is 5.23. The highest BCUT2D eigenvalue weighted by Gasteiger charge is 2.36. The van der Waals surface area contributed by atoms with E-state index >= 15 is 0 Å². The van der Waals surface area contributed by atoms with Gasteiger partial charge in [0.05, 0.1) is 0 Å². The minimum absolute atomic E-state index is 0.375. The maximum atomic E-state index is 12.1. The van der Waals surface area contributed by atoms with E-state index in [0.29, 0.717) is 17.7 Å². The SMILES string of the molecule is CC(C)CCCN1CCCC1C1CCCCC1=O. The molecular weight excluding hydrogens is 222 g/mol. The first-order valence-corrected chi connectivity index (χ1v) is 7.95. The van der Waals surface area contributed by atoms with Gasteiger partial charge in [-0.05, 0) is 57.5 Å². The van der Waals surface area contributed by atoms with Crippen molar-refractivity contribution in [1.82, 2.24) is 4.90 Å². The minimum Gasteiger partial charge on any atom is -0.300 e. The maximum absolute atomic E-state index is 12.1. The number of likely N-dealkylation sites (tertiary alicyclic amines) is 1. The van der Waals surface area contributed by atoms with E-state index in [1.165, 1.54) is 45.2 Å². The molecule has 0 bridgehead atoms. The lowest BCUT2D eigenvalue weighted by molar-refractivity contribution is -0.126. The number of rotatable bonds is 5. The average Bonchev–Trinajstić information content (AvgIpc) is 2.77. The molecule has 0 aromatic rings. The van der Waals surface area contributed by atoms with Gasteiger partial charge in [-0.2, -0.15) is 0 Å². The van der Waals surface area contributed by atoms with Gasteiger partial charge in [0.15, 0.2) is 0 Å². The van der Waals surface area contributed by atoms with Crippen LogP contribution in [0.3, 0.4) is 0 Å². The second-order valence-electron chi connectivity index (χ2n) is 6.60. The molecule has 0 N–H and O–H groups in total. The molecule has 0 amide bonds. The number of Topliss-reactive ketones (excluding diaryl/α,β-unsaturated/α-hetero) is 1. The fourth-order valence-corrected chi connectivity index (χ4v) is 3.70. The van der Waals surface area contributed by atoms with Gasteiger partial charge in [0.1, 0.15) is 5.78 Å². The molecular formula is C16H29NO. The van der Waals surface area contributed by atoms with Gasteiger partial charge in [0.25, 0.3) is 0 Å². The lowest BCUT2D eigenvalue weighted by Gasteiger charge is -2.33. The molecule has 1 heterocycles. The van der Waals surface area contributed by atoms with E-state index in [1.54, 1.807) is 0 Å². The van der Waals surface area contributed by atoms with Gasteiger partial charge in [-0.1, -0.05) is 20.3 Å². The van der Waals surface area contributed by atoms with E-state index in [9.17, 15) is 4.79 Å². The van der Waals surface area contributed by atoms with Crippen LogP contribution >= 0.6 is 0 Å². The Morgan fingerprint density at radius 1 is 1.22 bits per heavy atom. The minimum atomic E-state index is 0.375. The molecule has 2 aliphatic rings. The maximum Gasteiger partial charge on any atom is 0.137 e. The predicted octanol–water partition coefficient (Wildman–Crippen LogP) is 3.65. The Labute approximate surface area is 112 Å². The normalized spacial score (nSPS) is 30.3. The molecule has 2 rings (SSSR count). The Morgan fingerprint density at radius 2 is 2.06 bits per heavy atom. The molecule has 0 spiro atoms. The van der Waals surface area contributed by atoms with Crippen molar-refractivity contribution in [3.63, 3.8) is 0 Å². The topological polar surface area (TPSA) is 20.3 Å². The van der Waals surface area contributed by atoms with Gasteiger partial charge >= 0.3 is 0 Å². The summed E-state index contributed by atoms with van der Waals surface area (Å²) in [5.41, 5.74) is 0. The highest BCUT2D eigenvalue weighted by atomic mass is 16.1. The van der Waals surface area contributed by atoms with Gasteiger partial charge in [0, 0.05) is 18.4 Å². The molecule has 2 atom stereocenters. The van der Waals surface area contributed by atoms with Crippen LogP contribution in [0.2, 0.25) is 0 Å². The van der Waals surface area contributed by atoms with E-state index in [2.05, 4.69) is 18.7 Å². The zero-order chi connectivity index (χ0) is 13.0. The van der Waals surface area contributed by atoms with Gasteiger partial charge in [-0.25, -0.2) is 0 Å². The second kappa shape index (κ2) is 6.70. The molecule has 0 aromatic heterocycles. The van der Waals surface area contributed by atoms with Crippen LogP contribution in [0.1, 0.15) is 65.2 Å². The van der Waals surface area contributed by atoms with Crippen molar-refractivity contribution in [2.45, 2.75) is 71.3 Å². The predicted molar refractivity (Wildman–Crippen MR) is 75.6 cm³/mol. The third-order valence-electron chi connectivity index (χ3n) is 4.71. The molecule has 1 saturated carbocycles. The van der Waals surface area contributed by atoms with Crippen LogP contribution in [0, 0.1) is 11.8 Å². The molecule has 0 aromatic carbocycles. The molecule has 0 radical (unpaired) electrons. The Balaban J connectivity index is 1.84. The van der Waals surface area contributed by atoms with Gasteiger partial charge in [0.2, 0.25) is 0 Å². The summed E-state index contributed by atoms with van der Waals surface area (Å²) in [6.07, 6.45) is 9.60. The molecule has 2 nitrogen and oxygen atoms in total. The number of ketones is 1. The molecule has 2 fully saturated rings. The van der Waals surface area contributed by atoms with Crippen molar-refractivity contribution in [2.24, 2.45) is 11.8 Å². The number of carbonyl (C=O) groups is 1. The van der Waals surface area contributed by atoms with Crippen molar-refractivity contribution < 1.29 is 4.79 Å². The third kappa shape index (κ3) is 3.57. The van der Waals surface area contributed by atoms with Crippen molar-refractivity contribution in [3.8, 4) is 0 Å². The Hall–Kier alpha value is -0.370. The van der Waals surface area contributed by atoms with Gasteiger partial charge in [-0.15, -0.1) is 0 Å². The first-order chi connectivity index (χ1) is 8.68. The van der Waals surface area contributed by atoms with Crippen LogP contribution in [0.25, 0.3) is 0 Å². The number of nitrogens with zero attached hydrogens (tertiary/aromatic N) is 1. The van der Waals surface area contributed by atoms with Crippen LogP contribution < -0.4 is 0 Å². The summed E-state index contributed by atoms with van der Waals surface area (Å²) in [5, 5.41) is 0. The summed E-state index contributed by atoms with van der Waals surface area (Å²) in [6.45, 7) is 7.04. The number of hydrogen-bond donors (Lipinski definition) is 0. The van der Waals surface area contributed by atoms with E-state index < -0.39 is 0 Å². The monoisotopic (exact) mass is 251 g/mol. The van der Waals surface area contributed by atoms with Crippen LogP contribution in [-0.2, 0) is 4.79 Å². The van der Waals surface area contributed by atoms with Crippen LogP contribution in [0.5, 0.6) is 0 Å². The van der Waals surface area contributed by atoms with Crippen LogP contribution in [0.15, 0.2) is 0 Å². The molecule has 2 unspecified atom stereocenters. The van der Waals surface area contributed by atoms with Crippen molar-refractivity contribution >= 4 is 5.78 Å². The van der Waals surface area contributed by atoms with E-state index in [4.69, 9.17) is 0 Å². The standard InChI is InChI=1S/C16H29NO/c1-13(2)7-5-11-17-12-6-9-15(17)14-8-3-4-10-16(14)18/h13-15H,3-12H2,1-2H3. The lowest BCUT2D eigenvalue weighted by atomic mass is 9.82. The molecule has 1 aliphatic carbocycles. The quantitative estimate of drug-likeness (QED) is 0.743. The zero-order valence-corrected chi connectivity index (χ0v) is 12.2. The fourth-order valence-electron chi connectivity index (χ4n) is 3.70. The zero-order valence-electron chi connectivity index (χ0n) is 12.2. The van der Waals surface area contributed by atoms with Crippen molar-refractivity contribution in [2.75, 3.05) is 13.1 Å².